The first-order valence-electron chi connectivity index (χ1n) is 4.98. The molecule has 2 N–H and O–H groups in total. The smallest absolute Gasteiger partial charge is 0.872 e. The van der Waals surface area contributed by atoms with Crippen molar-refractivity contribution in [1.29, 1.82) is 0 Å². The van der Waals surface area contributed by atoms with Crippen LogP contribution in [0.25, 0.3) is 0 Å². The summed E-state index contributed by atoms with van der Waals surface area (Å²) in [5.74, 6) is -1.11. The average Bonchev–Trinajstić information content (AvgIpc) is 2.34. The molecule has 2 aromatic carbocycles. The molecule has 0 saturated heterocycles. The van der Waals surface area contributed by atoms with Crippen LogP contribution in [0, 0.1) is 0 Å². The molecule has 0 amide bonds. The van der Waals surface area contributed by atoms with Crippen molar-refractivity contribution >= 4 is 18.6 Å². The Labute approximate surface area is 138 Å². The van der Waals surface area contributed by atoms with E-state index in [-0.39, 0.29) is 46.6 Å². The Morgan fingerprint density at radius 2 is 1.68 bits per heavy atom. The van der Waals surface area contributed by atoms with E-state index in [1.807, 2.05) is 6.07 Å². The number of phenols is 1. The molecular formula is C13H11NaO4S. The van der Waals surface area contributed by atoms with Crippen LogP contribution in [-0.4, -0.2) is 16.2 Å². The van der Waals surface area contributed by atoms with Crippen molar-refractivity contribution in [3.63, 3.8) is 0 Å². The third-order valence-corrected chi connectivity index (χ3v) is 2.34. The van der Waals surface area contributed by atoms with E-state index in [2.05, 4.69) is 12.6 Å². The average molecular weight is 286 g/mol. The van der Waals surface area contributed by atoms with Crippen molar-refractivity contribution in [1.82, 2.24) is 0 Å². The monoisotopic (exact) mass is 286 g/mol. The molecule has 0 heterocycles. The second kappa shape index (κ2) is 8.87. The molecule has 94 valence electrons. The maximum atomic E-state index is 10.3. The van der Waals surface area contributed by atoms with Gasteiger partial charge in [0.05, 0.1) is 5.56 Å². The minimum Gasteiger partial charge on any atom is -0.872 e. The first kappa shape index (κ1) is 17.9. The van der Waals surface area contributed by atoms with E-state index in [0.29, 0.717) is 4.90 Å². The molecule has 19 heavy (non-hydrogen) atoms. The summed E-state index contributed by atoms with van der Waals surface area (Å²) in [7, 11) is 0. The minimum absolute atomic E-state index is 0. The molecule has 0 aliphatic carbocycles. The summed E-state index contributed by atoms with van der Waals surface area (Å²) < 4.78 is 0. The van der Waals surface area contributed by atoms with Crippen molar-refractivity contribution in [3.8, 4) is 11.5 Å². The van der Waals surface area contributed by atoms with Gasteiger partial charge in [-0.25, -0.2) is 4.79 Å². The Hall–Kier alpha value is -1.14. The summed E-state index contributed by atoms with van der Waals surface area (Å²) in [4.78, 5) is 10.7. The van der Waals surface area contributed by atoms with Gasteiger partial charge >= 0.3 is 35.5 Å². The van der Waals surface area contributed by atoms with Crippen LogP contribution in [-0.2, 0) is 0 Å². The van der Waals surface area contributed by atoms with Gasteiger partial charge in [0.2, 0.25) is 0 Å². The van der Waals surface area contributed by atoms with Gasteiger partial charge in [-0.2, -0.15) is 0 Å². The van der Waals surface area contributed by atoms with Crippen molar-refractivity contribution in [2.24, 2.45) is 0 Å². The van der Waals surface area contributed by atoms with Crippen LogP contribution in [0.1, 0.15) is 10.4 Å². The first-order valence-corrected chi connectivity index (χ1v) is 5.42. The van der Waals surface area contributed by atoms with Gasteiger partial charge in [0.1, 0.15) is 5.75 Å². The Bertz CT molecular complexity index is 531. The number of aromatic carboxylic acids is 1. The normalized spacial score (nSPS) is 8.68. The molecule has 0 spiro atoms. The Balaban J connectivity index is 0.000000352. The van der Waals surface area contributed by atoms with E-state index in [1.54, 1.807) is 12.1 Å². The van der Waals surface area contributed by atoms with Gasteiger partial charge in [-0.05, 0) is 18.2 Å². The number of rotatable bonds is 1. The standard InChI is InChI=1S/C7H6O3S.C6H6O.Na/c8-5-3-4(7(9)10)1-2-6(5)11;7-6-4-2-1-3-5-6;/h1-3,8,11H,(H,9,10);1-5,7H;/q;;+1/p-1. The Kier molecular flexibility index (Phi) is 8.34. The number of carbonyl (C=O) groups is 1. The van der Waals surface area contributed by atoms with E-state index in [1.165, 1.54) is 24.3 Å². The fourth-order valence-electron chi connectivity index (χ4n) is 1.08. The molecule has 0 saturated carbocycles. The zero-order chi connectivity index (χ0) is 13.5. The number of carboxylic acids is 1. The zero-order valence-corrected chi connectivity index (χ0v) is 13.2. The minimum atomic E-state index is -1.06. The van der Waals surface area contributed by atoms with Crippen LogP contribution in [0.4, 0.5) is 0 Å². The SMILES string of the molecule is O=C(O)c1ccc(S)c(O)c1.[Na+].[O-]c1ccccc1. The molecule has 0 radical (unpaired) electrons. The number of aromatic hydroxyl groups is 1. The van der Waals surface area contributed by atoms with E-state index >= 15 is 0 Å². The molecule has 0 aliphatic rings. The summed E-state index contributed by atoms with van der Waals surface area (Å²) in [6.45, 7) is 0. The largest absolute Gasteiger partial charge is 1.00 e. The summed E-state index contributed by atoms with van der Waals surface area (Å²) in [5.41, 5.74) is 0.0558. The molecule has 0 fully saturated rings. The maximum Gasteiger partial charge on any atom is 1.00 e. The van der Waals surface area contributed by atoms with E-state index in [4.69, 9.17) is 10.2 Å². The second-order valence-corrected chi connectivity index (χ2v) is 3.80. The molecular weight excluding hydrogens is 275 g/mol. The summed E-state index contributed by atoms with van der Waals surface area (Å²) in [6, 6.07) is 12.3. The number of para-hydroxylation sites is 1. The number of hydrogen-bond donors (Lipinski definition) is 3. The maximum absolute atomic E-state index is 10.3. The fraction of sp³-hybridized carbons (Fsp3) is 0. The van der Waals surface area contributed by atoms with Gasteiger partial charge in [0.15, 0.2) is 0 Å². The predicted octanol–water partition coefficient (Wildman–Crippen LogP) is -0.857. The van der Waals surface area contributed by atoms with Crippen molar-refractivity contribution in [2.75, 3.05) is 0 Å². The molecule has 0 unspecified atom stereocenters. The van der Waals surface area contributed by atoms with E-state index in [9.17, 15) is 9.90 Å². The number of thiol groups is 1. The van der Waals surface area contributed by atoms with Crippen LogP contribution < -0.4 is 34.7 Å². The molecule has 0 aliphatic heterocycles. The molecule has 6 heteroatoms. The topological polar surface area (TPSA) is 80.6 Å². The van der Waals surface area contributed by atoms with Crippen LogP contribution in [0.3, 0.4) is 0 Å². The third kappa shape index (κ3) is 6.54. The Morgan fingerprint density at radius 1 is 1.11 bits per heavy atom. The van der Waals surface area contributed by atoms with Gasteiger partial charge in [0, 0.05) is 4.90 Å². The predicted molar refractivity (Wildman–Crippen MR) is 68.2 cm³/mol. The number of hydrogen-bond acceptors (Lipinski definition) is 4. The molecule has 2 aromatic rings. The van der Waals surface area contributed by atoms with E-state index in [0.717, 1.165) is 6.07 Å². The summed E-state index contributed by atoms with van der Waals surface area (Å²) in [6.07, 6.45) is 0. The fourth-order valence-corrected chi connectivity index (χ4v) is 1.22. The van der Waals surface area contributed by atoms with Gasteiger partial charge in [-0.15, -0.1) is 18.4 Å². The zero-order valence-electron chi connectivity index (χ0n) is 10.3. The molecule has 4 nitrogen and oxygen atoms in total. The molecule has 0 bridgehead atoms. The third-order valence-electron chi connectivity index (χ3n) is 1.97. The number of benzene rings is 2. The molecule has 0 aromatic heterocycles. The summed E-state index contributed by atoms with van der Waals surface area (Å²) in [5, 5.41) is 27.7. The van der Waals surface area contributed by atoms with Gasteiger partial charge < -0.3 is 15.3 Å². The van der Waals surface area contributed by atoms with Gasteiger partial charge in [0.25, 0.3) is 0 Å². The summed E-state index contributed by atoms with van der Waals surface area (Å²) >= 11 is 3.87. The van der Waals surface area contributed by atoms with Gasteiger partial charge in [-0.3, -0.25) is 0 Å². The van der Waals surface area contributed by atoms with Crippen LogP contribution >= 0.6 is 12.6 Å². The van der Waals surface area contributed by atoms with Crippen LogP contribution in [0.2, 0.25) is 0 Å². The quantitative estimate of drug-likeness (QED) is 0.471. The molecule has 0 atom stereocenters. The van der Waals surface area contributed by atoms with Crippen molar-refractivity contribution in [2.45, 2.75) is 4.90 Å². The van der Waals surface area contributed by atoms with Crippen LogP contribution in [0.5, 0.6) is 11.5 Å². The molecule has 2 rings (SSSR count). The van der Waals surface area contributed by atoms with E-state index < -0.39 is 5.97 Å². The number of carboxylic acid groups (broad SMARTS) is 1. The number of phenolic OH excluding ortho intramolecular Hbond substituents is 1. The second-order valence-electron chi connectivity index (χ2n) is 3.32. The van der Waals surface area contributed by atoms with Crippen molar-refractivity contribution in [3.05, 3.63) is 54.1 Å². The Morgan fingerprint density at radius 3 is 2.05 bits per heavy atom. The van der Waals surface area contributed by atoms with Crippen molar-refractivity contribution < 1.29 is 49.7 Å². The van der Waals surface area contributed by atoms with Gasteiger partial charge in [-0.1, -0.05) is 30.3 Å². The van der Waals surface area contributed by atoms with Crippen LogP contribution in [0.15, 0.2) is 53.4 Å². The first-order chi connectivity index (χ1) is 8.50.